The Bertz CT molecular complexity index is 629. The van der Waals surface area contributed by atoms with E-state index in [0.29, 0.717) is 11.4 Å². The van der Waals surface area contributed by atoms with Gasteiger partial charge in [0.15, 0.2) is 5.78 Å². The van der Waals surface area contributed by atoms with E-state index in [1.807, 2.05) is 6.92 Å². The minimum Gasteiger partial charge on any atom is -0.293 e. The molecule has 0 saturated carbocycles. The molecule has 0 radical (unpaired) electrons. The molecule has 19 heavy (non-hydrogen) atoms. The van der Waals surface area contributed by atoms with Crippen LogP contribution in [0, 0.1) is 10.1 Å². The number of Topliss-reactive ketones (excluding diaryl/α,β-unsaturated/α-hetero) is 1. The number of nitrogens with zero attached hydrogens (tertiary/aromatic N) is 3. The molecule has 0 unspecified atom stereocenters. The summed E-state index contributed by atoms with van der Waals surface area (Å²) in [6.45, 7) is 3.42. The number of aromatic nitrogens is 2. The number of aryl methyl sites for hydroxylation is 1. The number of rotatable bonds is 4. The van der Waals surface area contributed by atoms with Gasteiger partial charge in [0.2, 0.25) is 0 Å². The molecule has 2 rings (SSSR count). The topological polar surface area (TPSA) is 78.0 Å². The second kappa shape index (κ2) is 5.01. The number of hydrogen-bond acceptors (Lipinski definition) is 4. The first-order valence-electron chi connectivity index (χ1n) is 5.87. The Balaban J connectivity index is 2.45. The number of benzene rings is 1. The minimum absolute atomic E-state index is 0.0285. The molecule has 98 valence electrons. The van der Waals surface area contributed by atoms with Crippen molar-refractivity contribution in [2.45, 2.75) is 20.3 Å². The predicted molar refractivity (Wildman–Crippen MR) is 69.6 cm³/mol. The van der Waals surface area contributed by atoms with Gasteiger partial charge in [-0.15, -0.1) is 0 Å². The van der Waals surface area contributed by atoms with E-state index >= 15 is 0 Å². The number of nitro groups is 1. The van der Waals surface area contributed by atoms with Crippen LogP contribution < -0.4 is 0 Å². The zero-order chi connectivity index (χ0) is 14.0. The van der Waals surface area contributed by atoms with Crippen molar-refractivity contribution in [3.63, 3.8) is 0 Å². The fourth-order valence-corrected chi connectivity index (χ4v) is 1.78. The smallest absolute Gasteiger partial charge is 0.269 e. The summed E-state index contributed by atoms with van der Waals surface area (Å²) in [7, 11) is 0. The molecule has 0 aliphatic carbocycles. The highest BCUT2D eigenvalue weighted by Crippen LogP contribution is 2.17. The summed E-state index contributed by atoms with van der Waals surface area (Å²) in [5.41, 5.74) is 2.02. The van der Waals surface area contributed by atoms with Crippen LogP contribution in [0.1, 0.15) is 30.0 Å². The highest BCUT2D eigenvalue weighted by Gasteiger charge is 2.12. The van der Waals surface area contributed by atoms with Gasteiger partial charge in [-0.1, -0.05) is 6.92 Å². The normalized spacial score (nSPS) is 10.4. The Kier molecular flexibility index (Phi) is 3.41. The van der Waals surface area contributed by atoms with Gasteiger partial charge >= 0.3 is 0 Å². The summed E-state index contributed by atoms with van der Waals surface area (Å²) < 4.78 is 1.64. The number of ketones is 1. The van der Waals surface area contributed by atoms with E-state index in [2.05, 4.69) is 5.10 Å². The number of nitro benzene ring substituents is 1. The van der Waals surface area contributed by atoms with Crippen LogP contribution in [0.25, 0.3) is 5.69 Å². The second-order valence-corrected chi connectivity index (χ2v) is 4.12. The van der Waals surface area contributed by atoms with E-state index in [0.717, 1.165) is 12.1 Å². The maximum absolute atomic E-state index is 11.3. The summed E-state index contributed by atoms with van der Waals surface area (Å²) in [5.74, 6) is -0.102. The Hall–Kier alpha value is -2.50. The van der Waals surface area contributed by atoms with E-state index in [9.17, 15) is 14.9 Å². The molecule has 0 N–H and O–H groups in total. The van der Waals surface area contributed by atoms with Crippen molar-refractivity contribution in [2.24, 2.45) is 0 Å². The molecule has 0 fully saturated rings. The molecule has 0 amide bonds. The first-order chi connectivity index (χ1) is 9.02. The number of non-ortho nitro benzene ring substituents is 1. The molecule has 6 heteroatoms. The summed E-state index contributed by atoms with van der Waals surface area (Å²) in [6, 6.07) is 7.82. The van der Waals surface area contributed by atoms with E-state index in [1.165, 1.54) is 19.1 Å². The van der Waals surface area contributed by atoms with E-state index in [4.69, 9.17) is 0 Å². The quantitative estimate of drug-likeness (QED) is 0.480. The Morgan fingerprint density at radius 3 is 2.47 bits per heavy atom. The first-order valence-corrected chi connectivity index (χ1v) is 5.87. The number of carbonyl (C=O) groups excluding carboxylic acids is 1. The van der Waals surface area contributed by atoms with Crippen LogP contribution in [0.3, 0.4) is 0 Å². The summed E-state index contributed by atoms with van der Waals surface area (Å²) in [6.07, 6.45) is 0.720. The van der Waals surface area contributed by atoms with Crippen molar-refractivity contribution in [1.82, 2.24) is 9.78 Å². The Morgan fingerprint density at radius 1 is 1.37 bits per heavy atom. The fraction of sp³-hybridized carbons (Fsp3) is 0.231. The average molecular weight is 259 g/mol. The number of carbonyl (C=O) groups is 1. The molecule has 1 aromatic heterocycles. The van der Waals surface area contributed by atoms with Crippen molar-refractivity contribution in [2.75, 3.05) is 0 Å². The lowest BCUT2D eigenvalue weighted by Crippen LogP contribution is -2.02. The van der Waals surface area contributed by atoms with Crippen LogP contribution >= 0.6 is 0 Å². The van der Waals surface area contributed by atoms with Crippen LogP contribution in [0.4, 0.5) is 5.69 Å². The zero-order valence-corrected chi connectivity index (χ0v) is 10.7. The van der Waals surface area contributed by atoms with Gasteiger partial charge in [0.1, 0.15) is 5.69 Å². The summed E-state index contributed by atoms with van der Waals surface area (Å²) >= 11 is 0. The van der Waals surface area contributed by atoms with Gasteiger partial charge in [-0.25, -0.2) is 4.68 Å². The minimum atomic E-state index is -0.450. The molecule has 0 saturated heterocycles. The molecular weight excluding hydrogens is 246 g/mol. The summed E-state index contributed by atoms with van der Waals surface area (Å²) in [4.78, 5) is 21.5. The van der Waals surface area contributed by atoms with Gasteiger partial charge in [0.05, 0.1) is 10.6 Å². The lowest BCUT2D eigenvalue weighted by molar-refractivity contribution is -0.384. The predicted octanol–water partition coefficient (Wildman–Crippen LogP) is 2.55. The van der Waals surface area contributed by atoms with Gasteiger partial charge in [-0.05, 0) is 24.6 Å². The monoisotopic (exact) mass is 259 g/mol. The third-order valence-electron chi connectivity index (χ3n) is 2.81. The van der Waals surface area contributed by atoms with Crippen LogP contribution in [0.2, 0.25) is 0 Å². The van der Waals surface area contributed by atoms with Crippen molar-refractivity contribution in [1.29, 1.82) is 0 Å². The standard InChI is InChI=1S/C13H13N3O3/c1-3-10-8-13(9(2)17)14-15(10)11-4-6-12(7-5-11)16(18)19/h4-8H,3H2,1-2H3. The Morgan fingerprint density at radius 2 is 2.00 bits per heavy atom. The molecule has 0 aliphatic heterocycles. The molecule has 0 atom stereocenters. The maximum Gasteiger partial charge on any atom is 0.269 e. The highest BCUT2D eigenvalue weighted by atomic mass is 16.6. The first kappa shape index (κ1) is 12.9. The zero-order valence-electron chi connectivity index (χ0n) is 10.7. The largest absolute Gasteiger partial charge is 0.293 e. The van der Waals surface area contributed by atoms with Crippen molar-refractivity contribution in [3.05, 3.63) is 51.8 Å². The fourth-order valence-electron chi connectivity index (χ4n) is 1.78. The van der Waals surface area contributed by atoms with Gasteiger partial charge < -0.3 is 0 Å². The van der Waals surface area contributed by atoms with Gasteiger partial charge in [0, 0.05) is 24.8 Å². The molecular formula is C13H13N3O3. The van der Waals surface area contributed by atoms with Crippen LogP contribution in [0.15, 0.2) is 30.3 Å². The summed E-state index contributed by atoms with van der Waals surface area (Å²) in [5, 5.41) is 14.8. The Labute approximate surface area is 109 Å². The van der Waals surface area contributed by atoms with E-state index in [1.54, 1.807) is 22.9 Å². The third-order valence-corrected chi connectivity index (χ3v) is 2.81. The molecule has 2 aromatic rings. The van der Waals surface area contributed by atoms with Crippen molar-refractivity contribution < 1.29 is 9.72 Å². The maximum atomic E-state index is 11.3. The molecule has 1 heterocycles. The van der Waals surface area contributed by atoms with Crippen LogP contribution in [0.5, 0.6) is 0 Å². The second-order valence-electron chi connectivity index (χ2n) is 4.12. The molecule has 6 nitrogen and oxygen atoms in total. The van der Waals surface area contributed by atoms with Crippen LogP contribution in [-0.2, 0) is 6.42 Å². The van der Waals surface area contributed by atoms with E-state index < -0.39 is 4.92 Å². The van der Waals surface area contributed by atoms with Gasteiger partial charge in [-0.2, -0.15) is 5.10 Å². The highest BCUT2D eigenvalue weighted by molar-refractivity contribution is 5.92. The third kappa shape index (κ3) is 2.52. The SMILES string of the molecule is CCc1cc(C(C)=O)nn1-c1ccc([N+](=O)[O-])cc1. The lowest BCUT2D eigenvalue weighted by Gasteiger charge is -2.04. The molecule has 1 aromatic carbocycles. The van der Waals surface area contributed by atoms with Crippen molar-refractivity contribution >= 4 is 11.5 Å². The molecule has 0 bridgehead atoms. The lowest BCUT2D eigenvalue weighted by atomic mass is 10.2. The van der Waals surface area contributed by atoms with Gasteiger partial charge in [-0.3, -0.25) is 14.9 Å². The van der Waals surface area contributed by atoms with Gasteiger partial charge in [0.25, 0.3) is 5.69 Å². The van der Waals surface area contributed by atoms with E-state index in [-0.39, 0.29) is 11.5 Å². The van der Waals surface area contributed by atoms with Crippen molar-refractivity contribution in [3.8, 4) is 5.69 Å². The molecule has 0 aliphatic rings. The van der Waals surface area contributed by atoms with Crippen LogP contribution in [-0.4, -0.2) is 20.5 Å². The average Bonchev–Trinajstić information content (AvgIpc) is 2.83. The molecule has 0 spiro atoms. The number of hydrogen-bond donors (Lipinski definition) is 0.